The zero-order chi connectivity index (χ0) is 12.7. The van der Waals surface area contributed by atoms with E-state index >= 15 is 0 Å². The van der Waals surface area contributed by atoms with Gasteiger partial charge in [0.15, 0.2) is 0 Å². The SMILES string of the molecule is COCN(C)CCc1ccc(OC)cc1OC. The molecule has 0 heterocycles. The third-order valence-corrected chi connectivity index (χ3v) is 2.61. The molecular weight excluding hydrogens is 218 g/mol. The summed E-state index contributed by atoms with van der Waals surface area (Å²) in [7, 11) is 7.06. The Hall–Kier alpha value is -1.26. The second kappa shape index (κ2) is 7.14. The Morgan fingerprint density at radius 3 is 2.47 bits per heavy atom. The smallest absolute Gasteiger partial charge is 0.125 e. The van der Waals surface area contributed by atoms with Crippen molar-refractivity contribution in [2.24, 2.45) is 0 Å². The third-order valence-electron chi connectivity index (χ3n) is 2.61. The Morgan fingerprint density at radius 2 is 1.88 bits per heavy atom. The van der Waals surface area contributed by atoms with Gasteiger partial charge in [0.2, 0.25) is 0 Å². The maximum absolute atomic E-state index is 5.35. The van der Waals surface area contributed by atoms with Crippen molar-refractivity contribution in [3.05, 3.63) is 23.8 Å². The highest BCUT2D eigenvalue weighted by Crippen LogP contribution is 2.24. The van der Waals surface area contributed by atoms with Gasteiger partial charge in [0, 0.05) is 19.7 Å². The van der Waals surface area contributed by atoms with Gasteiger partial charge in [0.25, 0.3) is 0 Å². The van der Waals surface area contributed by atoms with Gasteiger partial charge in [-0.05, 0) is 25.1 Å². The lowest BCUT2D eigenvalue weighted by molar-refractivity contribution is 0.0826. The quantitative estimate of drug-likeness (QED) is 0.679. The lowest BCUT2D eigenvalue weighted by atomic mass is 10.1. The Balaban J connectivity index is 2.63. The average Bonchev–Trinajstić information content (AvgIpc) is 2.36. The molecule has 0 aliphatic carbocycles. The molecule has 1 aromatic carbocycles. The normalized spacial score (nSPS) is 10.6. The first-order valence-electron chi connectivity index (χ1n) is 5.59. The number of ether oxygens (including phenoxy) is 3. The molecule has 17 heavy (non-hydrogen) atoms. The summed E-state index contributed by atoms with van der Waals surface area (Å²) in [5.74, 6) is 1.69. The molecule has 0 unspecified atom stereocenters. The van der Waals surface area contributed by atoms with Gasteiger partial charge in [0.1, 0.15) is 11.5 Å². The van der Waals surface area contributed by atoms with Crippen LogP contribution in [0.15, 0.2) is 18.2 Å². The van der Waals surface area contributed by atoms with E-state index in [1.165, 1.54) is 5.56 Å². The highest BCUT2D eigenvalue weighted by Gasteiger charge is 2.06. The van der Waals surface area contributed by atoms with Gasteiger partial charge in [-0.1, -0.05) is 6.07 Å². The van der Waals surface area contributed by atoms with Gasteiger partial charge in [-0.25, -0.2) is 0 Å². The maximum atomic E-state index is 5.35. The minimum absolute atomic E-state index is 0.637. The molecule has 0 N–H and O–H groups in total. The molecule has 4 nitrogen and oxygen atoms in total. The summed E-state index contributed by atoms with van der Waals surface area (Å²) in [5.41, 5.74) is 1.18. The number of benzene rings is 1. The van der Waals surface area contributed by atoms with Crippen LogP contribution in [-0.4, -0.2) is 46.6 Å². The van der Waals surface area contributed by atoms with E-state index in [1.54, 1.807) is 21.3 Å². The second-order valence-electron chi connectivity index (χ2n) is 3.93. The molecule has 0 aliphatic heterocycles. The molecule has 0 saturated carbocycles. The number of hydrogen-bond donors (Lipinski definition) is 0. The summed E-state index contributed by atoms with van der Waals surface area (Å²) in [4.78, 5) is 2.11. The van der Waals surface area contributed by atoms with E-state index in [-0.39, 0.29) is 0 Å². The minimum Gasteiger partial charge on any atom is -0.497 e. The molecule has 1 aromatic rings. The van der Waals surface area contributed by atoms with Crippen LogP contribution in [-0.2, 0) is 11.2 Å². The zero-order valence-corrected chi connectivity index (χ0v) is 11.0. The second-order valence-corrected chi connectivity index (χ2v) is 3.93. The zero-order valence-electron chi connectivity index (χ0n) is 11.0. The first kappa shape index (κ1) is 13.8. The van der Waals surface area contributed by atoms with Crippen LogP contribution in [0.5, 0.6) is 11.5 Å². The van der Waals surface area contributed by atoms with Crippen LogP contribution >= 0.6 is 0 Å². The maximum Gasteiger partial charge on any atom is 0.125 e. The molecule has 96 valence electrons. The molecule has 0 aliphatic rings. The van der Waals surface area contributed by atoms with Gasteiger partial charge in [-0.2, -0.15) is 0 Å². The topological polar surface area (TPSA) is 30.9 Å². The van der Waals surface area contributed by atoms with Crippen molar-refractivity contribution in [2.45, 2.75) is 6.42 Å². The fraction of sp³-hybridized carbons (Fsp3) is 0.538. The molecular formula is C13H21NO3. The molecule has 0 saturated heterocycles. The number of methoxy groups -OCH3 is 3. The van der Waals surface area contributed by atoms with Crippen LogP contribution in [0, 0.1) is 0 Å². The van der Waals surface area contributed by atoms with Gasteiger partial charge in [0.05, 0.1) is 21.0 Å². The van der Waals surface area contributed by atoms with Crippen LogP contribution in [0.2, 0.25) is 0 Å². The van der Waals surface area contributed by atoms with Crippen molar-refractivity contribution in [3.63, 3.8) is 0 Å². The summed E-state index contributed by atoms with van der Waals surface area (Å²) in [6.45, 7) is 1.56. The van der Waals surface area contributed by atoms with Crippen molar-refractivity contribution < 1.29 is 14.2 Å². The molecule has 1 rings (SSSR count). The first-order chi connectivity index (χ1) is 8.21. The van der Waals surface area contributed by atoms with Crippen LogP contribution in [0.25, 0.3) is 0 Å². The molecule has 0 aromatic heterocycles. The van der Waals surface area contributed by atoms with Crippen molar-refractivity contribution >= 4 is 0 Å². The first-order valence-corrected chi connectivity index (χ1v) is 5.59. The van der Waals surface area contributed by atoms with E-state index in [4.69, 9.17) is 14.2 Å². The summed E-state index contributed by atoms with van der Waals surface area (Å²) in [6.07, 6.45) is 0.924. The van der Waals surface area contributed by atoms with Crippen molar-refractivity contribution in [3.8, 4) is 11.5 Å². The largest absolute Gasteiger partial charge is 0.497 e. The molecule has 4 heteroatoms. The molecule has 0 radical (unpaired) electrons. The molecule has 0 amide bonds. The number of likely N-dealkylation sites (N-methyl/N-ethyl adjacent to an activating group) is 1. The predicted molar refractivity (Wildman–Crippen MR) is 67.8 cm³/mol. The van der Waals surface area contributed by atoms with E-state index < -0.39 is 0 Å². The standard InChI is InChI=1S/C13H21NO3/c1-14(10-15-2)8-7-11-5-6-12(16-3)9-13(11)17-4/h5-6,9H,7-8,10H2,1-4H3. The van der Waals surface area contributed by atoms with Crippen molar-refractivity contribution in [1.82, 2.24) is 4.90 Å². The lowest BCUT2D eigenvalue weighted by Gasteiger charge is -2.16. The number of nitrogens with zero attached hydrogens (tertiary/aromatic N) is 1. The highest BCUT2D eigenvalue weighted by molar-refractivity contribution is 5.40. The monoisotopic (exact) mass is 239 g/mol. The van der Waals surface area contributed by atoms with Crippen LogP contribution < -0.4 is 9.47 Å². The minimum atomic E-state index is 0.637. The highest BCUT2D eigenvalue weighted by atomic mass is 16.5. The Kier molecular flexibility index (Phi) is 5.80. The Morgan fingerprint density at radius 1 is 1.12 bits per heavy atom. The lowest BCUT2D eigenvalue weighted by Crippen LogP contribution is -2.23. The third kappa shape index (κ3) is 4.24. The van der Waals surface area contributed by atoms with Gasteiger partial charge >= 0.3 is 0 Å². The summed E-state index contributed by atoms with van der Waals surface area (Å²) < 4.78 is 15.6. The van der Waals surface area contributed by atoms with Crippen molar-refractivity contribution in [1.29, 1.82) is 0 Å². The van der Waals surface area contributed by atoms with Crippen LogP contribution in [0.4, 0.5) is 0 Å². The van der Waals surface area contributed by atoms with Crippen molar-refractivity contribution in [2.75, 3.05) is 41.7 Å². The fourth-order valence-electron chi connectivity index (χ4n) is 1.65. The van der Waals surface area contributed by atoms with E-state index in [0.29, 0.717) is 6.73 Å². The molecule has 0 atom stereocenters. The summed E-state index contributed by atoms with van der Waals surface area (Å²) >= 11 is 0. The van der Waals surface area contributed by atoms with Gasteiger partial charge in [-0.15, -0.1) is 0 Å². The van der Waals surface area contributed by atoms with E-state index in [0.717, 1.165) is 24.5 Å². The predicted octanol–water partition coefficient (Wildman–Crippen LogP) is 1.78. The number of rotatable bonds is 7. The summed E-state index contributed by atoms with van der Waals surface area (Å²) in [6, 6.07) is 5.90. The van der Waals surface area contributed by atoms with Crippen LogP contribution in [0.1, 0.15) is 5.56 Å². The van der Waals surface area contributed by atoms with Gasteiger partial charge < -0.3 is 14.2 Å². The molecule has 0 bridgehead atoms. The molecule has 0 fully saturated rings. The summed E-state index contributed by atoms with van der Waals surface area (Å²) in [5, 5.41) is 0. The van der Waals surface area contributed by atoms with E-state index in [9.17, 15) is 0 Å². The Bertz CT molecular complexity index is 341. The van der Waals surface area contributed by atoms with Crippen LogP contribution in [0.3, 0.4) is 0 Å². The van der Waals surface area contributed by atoms with E-state index in [1.807, 2.05) is 25.2 Å². The van der Waals surface area contributed by atoms with E-state index in [2.05, 4.69) is 4.90 Å². The van der Waals surface area contributed by atoms with Gasteiger partial charge in [-0.3, -0.25) is 4.90 Å². The Labute approximate surface area is 103 Å². The molecule has 0 spiro atoms. The fourth-order valence-corrected chi connectivity index (χ4v) is 1.65. The number of hydrogen-bond acceptors (Lipinski definition) is 4. The average molecular weight is 239 g/mol.